The Balaban J connectivity index is 1.70. The van der Waals surface area contributed by atoms with Gasteiger partial charge in [-0.1, -0.05) is 0 Å². The molecule has 6 nitrogen and oxygen atoms in total. The van der Waals surface area contributed by atoms with Gasteiger partial charge in [0.25, 0.3) is 0 Å². The highest BCUT2D eigenvalue weighted by molar-refractivity contribution is 5.92. The van der Waals surface area contributed by atoms with Gasteiger partial charge in [0.2, 0.25) is 5.91 Å². The summed E-state index contributed by atoms with van der Waals surface area (Å²) in [6, 6.07) is 5.84. The summed E-state index contributed by atoms with van der Waals surface area (Å²) in [5, 5.41) is 7.34. The smallest absolute Gasteiger partial charge is 0.226 e. The quantitative estimate of drug-likeness (QED) is 0.874. The number of nitrogens with zero attached hydrogens (tertiary/aromatic N) is 2. The Morgan fingerprint density at radius 2 is 2.20 bits per heavy atom. The average molecular weight is 343 g/mol. The van der Waals surface area contributed by atoms with Crippen LogP contribution in [0.1, 0.15) is 37.2 Å². The summed E-state index contributed by atoms with van der Waals surface area (Å²) < 4.78 is 13.3. The first-order valence-corrected chi connectivity index (χ1v) is 8.73. The van der Waals surface area contributed by atoms with Gasteiger partial charge >= 0.3 is 0 Å². The van der Waals surface area contributed by atoms with Gasteiger partial charge in [0.15, 0.2) is 0 Å². The molecule has 0 bridgehead atoms. The first kappa shape index (κ1) is 17.3. The number of amides is 1. The van der Waals surface area contributed by atoms with E-state index >= 15 is 0 Å². The number of carbonyl (C=O) groups is 1. The molecule has 1 atom stereocenters. The Morgan fingerprint density at radius 3 is 2.88 bits per heavy atom. The Kier molecular flexibility index (Phi) is 4.97. The number of hydrogen-bond acceptors (Lipinski definition) is 4. The van der Waals surface area contributed by atoms with Crippen molar-refractivity contribution >= 4 is 11.6 Å². The van der Waals surface area contributed by atoms with E-state index in [4.69, 9.17) is 9.47 Å². The Labute approximate surface area is 148 Å². The van der Waals surface area contributed by atoms with Crippen molar-refractivity contribution in [2.75, 3.05) is 11.9 Å². The number of anilines is 1. The second kappa shape index (κ2) is 7.17. The van der Waals surface area contributed by atoms with E-state index in [0.29, 0.717) is 31.0 Å². The van der Waals surface area contributed by atoms with Crippen LogP contribution in [0.2, 0.25) is 0 Å². The third-order valence-electron chi connectivity index (χ3n) is 4.23. The monoisotopic (exact) mass is 343 g/mol. The lowest BCUT2D eigenvalue weighted by atomic mass is 10.1. The molecule has 6 heteroatoms. The predicted octanol–water partition coefficient (Wildman–Crippen LogP) is 3.25. The number of benzene rings is 1. The van der Waals surface area contributed by atoms with Gasteiger partial charge in [-0.3, -0.25) is 9.48 Å². The highest BCUT2D eigenvalue weighted by Crippen LogP contribution is 2.38. The summed E-state index contributed by atoms with van der Waals surface area (Å²) in [6.07, 6.45) is 1.37. The standard InChI is InChI=1S/C19H25N3O3/c1-5-24-18-10-15-9-14(4)25-17(15)11-16(18)20-19(23)6-7-22-13(3)8-12(2)21-22/h8,10-11,14H,5-7,9H2,1-4H3,(H,20,23)/t14-/m0/s1. The predicted molar refractivity (Wildman–Crippen MR) is 96.4 cm³/mol. The minimum atomic E-state index is -0.0699. The zero-order valence-electron chi connectivity index (χ0n) is 15.3. The second-order valence-electron chi connectivity index (χ2n) is 6.47. The molecule has 2 aromatic rings. The van der Waals surface area contributed by atoms with Gasteiger partial charge in [-0.2, -0.15) is 5.10 Å². The molecule has 0 saturated carbocycles. The highest BCUT2D eigenvalue weighted by Gasteiger charge is 2.22. The fourth-order valence-corrected chi connectivity index (χ4v) is 3.13. The fraction of sp³-hybridized carbons (Fsp3) is 0.474. The van der Waals surface area contributed by atoms with Crippen LogP contribution < -0.4 is 14.8 Å². The zero-order valence-corrected chi connectivity index (χ0v) is 15.3. The molecule has 1 aliphatic rings. The first-order chi connectivity index (χ1) is 12.0. The van der Waals surface area contributed by atoms with Crippen LogP contribution in [0.15, 0.2) is 18.2 Å². The van der Waals surface area contributed by atoms with Gasteiger partial charge in [0, 0.05) is 36.7 Å². The number of carbonyl (C=O) groups excluding carboxylic acids is 1. The zero-order chi connectivity index (χ0) is 18.0. The van der Waals surface area contributed by atoms with Crippen molar-refractivity contribution in [3.8, 4) is 11.5 Å². The second-order valence-corrected chi connectivity index (χ2v) is 6.47. The number of hydrogen-bond donors (Lipinski definition) is 1. The Hall–Kier alpha value is -2.50. The normalized spacial score (nSPS) is 15.6. The largest absolute Gasteiger partial charge is 0.492 e. The molecule has 3 rings (SSSR count). The summed E-state index contributed by atoms with van der Waals surface area (Å²) >= 11 is 0. The molecule has 0 fully saturated rings. The fourth-order valence-electron chi connectivity index (χ4n) is 3.13. The first-order valence-electron chi connectivity index (χ1n) is 8.73. The molecule has 2 heterocycles. The van der Waals surface area contributed by atoms with E-state index in [0.717, 1.165) is 29.1 Å². The van der Waals surface area contributed by atoms with E-state index in [1.807, 2.05) is 50.6 Å². The summed E-state index contributed by atoms with van der Waals surface area (Å²) in [4.78, 5) is 12.4. The molecule has 1 aliphatic heterocycles. The minimum absolute atomic E-state index is 0.0699. The number of aryl methyl sites for hydroxylation is 3. The number of rotatable bonds is 6. The average Bonchev–Trinajstić information content (AvgIpc) is 3.06. The molecule has 0 unspecified atom stereocenters. The summed E-state index contributed by atoms with van der Waals surface area (Å²) in [6.45, 7) is 9.00. The van der Waals surface area contributed by atoms with Crippen molar-refractivity contribution in [1.29, 1.82) is 0 Å². The van der Waals surface area contributed by atoms with Crippen LogP contribution in [-0.2, 0) is 17.8 Å². The number of fused-ring (bicyclic) bond motifs is 1. The molecule has 1 N–H and O–H groups in total. The molecule has 25 heavy (non-hydrogen) atoms. The third-order valence-corrected chi connectivity index (χ3v) is 4.23. The van der Waals surface area contributed by atoms with Gasteiger partial charge in [-0.15, -0.1) is 0 Å². The summed E-state index contributed by atoms with van der Waals surface area (Å²) in [7, 11) is 0. The van der Waals surface area contributed by atoms with E-state index in [9.17, 15) is 4.79 Å². The SMILES string of the molecule is CCOc1cc2c(cc1NC(=O)CCn1nc(C)cc1C)O[C@@H](C)C2. The highest BCUT2D eigenvalue weighted by atomic mass is 16.5. The van der Waals surface area contributed by atoms with E-state index in [1.54, 1.807) is 0 Å². The van der Waals surface area contributed by atoms with Crippen LogP contribution in [0, 0.1) is 13.8 Å². The number of nitrogens with one attached hydrogen (secondary N) is 1. The Bertz CT molecular complexity index is 782. The van der Waals surface area contributed by atoms with Crippen molar-refractivity contribution < 1.29 is 14.3 Å². The maximum Gasteiger partial charge on any atom is 0.226 e. The van der Waals surface area contributed by atoms with Crippen molar-refractivity contribution in [1.82, 2.24) is 9.78 Å². The van der Waals surface area contributed by atoms with E-state index < -0.39 is 0 Å². The molecule has 0 spiro atoms. The van der Waals surface area contributed by atoms with Gasteiger partial charge in [0.05, 0.1) is 18.0 Å². The van der Waals surface area contributed by atoms with Crippen molar-refractivity contribution in [3.05, 3.63) is 35.2 Å². The van der Waals surface area contributed by atoms with Crippen molar-refractivity contribution in [2.45, 2.75) is 53.2 Å². The van der Waals surface area contributed by atoms with Crippen LogP contribution in [0.5, 0.6) is 11.5 Å². The minimum Gasteiger partial charge on any atom is -0.492 e. The van der Waals surface area contributed by atoms with Crippen molar-refractivity contribution in [2.24, 2.45) is 0 Å². The van der Waals surface area contributed by atoms with Crippen LogP contribution in [0.4, 0.5) is 5.69 Å². The van der Waals surface area contributed by atoms with Crippen LogP contribution in [0.25, 0.3) is 0 Å². The van der Waals surface area contributed by atoms with Gasteiger partial charge in [-0.05, 0) is 39.8 Å². The molecular formula is C19H25N3O3. The van der Waals surface area contributed by atoms with Gasteiger partial charge in [0.1, 0.15) is 17.6 Å². The molecular weight excluding hydrogens is 318 g/mol. The molecule has 1 aromatic carbocycles. The maximum absolute atomic E-state index is 12.4. The maximum atomic E-state index is 12.4. The van der Waals surface area contributed by atoms with Gasteiger partial charge in [-0.25, -0.2) is 0 Å². The lowest BCUT2D eigenvalue weighted by Gasteiger charge is -2.14. The van der Waals surface area contributed by atoms with Crippen LogP contribution >= 0.6 is 0 Å². The topological polar surface area (TPSA) is 65.4 Å². The summed E-state index contributed by atoms with van der Waals surface area (Å²) in [5.41, 5.74) is 3.80. The molecule has 134 valence electrons. The number of aromatic nitrogens is 2. The number of ether oxygens (including phenoxy) is 2. The molecule has 0 saturated heterocycles. The third kappa shape index (κ3) is 3.95. The summed E-state index contributed by atoms with van der Waals surface area (Å²) in [5.74, 6) is 1.45. The van der Waals surface area contributed by atoms with Crippen molar-refractivity contribution in [3.63, 3.8) is 0 Å². The lowest BCUT2D eigenvalue weighted by molar-refractivity contribution is -0.116. The van der Waals surface area contributed by atoms with Gasteiger partial charge < -0.3 is 14.8 Å². The molecule has 0 aliphatic carbocycles. The lowest BCUT2D eigenvalue weighted by Crippen LogP contribution is -2.16. The molecule has 0 radical (unpaired) electrons. The molecule has 1 amide bonds. The van der Waals surface area contributed by atoms with E-state index in [2.05, 4.69) is 10.4 Å². The van der Waals surface area contributed by atoms with Crippen LogP contribution in [0.3, 0.4) is 0 Å². The van der Waals surface area contributed by atoms with Crippen LogP contribution in [-0.4, -0.2) is 28.4 Å². The molecule has 1 aromatic heterocycles. The van der Waals surface area contributed by atoms with E-state index in [-0.39, 0.29) is 12.0 Å². The van der Waals surface area contributed by atoms with E-state index in [1.165, 1.54) is 0 Å². The Morgan fingerprint density at radius 1 is 1.40 bits per heavy atom.